The Balaban J connectivity index is 3.09. The molecule has 0 unspecified atom stereocenters. The van der Waals surface area contributed by atoms with E-state index in [2.05, 4.69) is 4.72 Å². The van der Waals surface area contributed by atoms with Crippen molar-refractivity contribution >= 4 is 10.0 Å². The van der Waals surface area contributed by atoms with Gasteiger partial charge in [-0.05, 0) is 43.9 Å². The Hall–Kier alpha value is -0.870. The number of hydrogen-bond acceptors (Lipinski definition) is 2. The van der Waals surface area contributed by atoms with Crippen molar-refractivity contribution in [2.24, 2.45) is 5.92 Å². The third kappa shape index (κ3) is 3.54. The van der Waals surface area contributed by atoms with E-state index in [9.17, 15) is 8.42 Å². The Morgan fingerprint density at radius 3 is 2.24 bits per heavy atom. The van der Waals surface area contributed by atoms with Crippen LogP contribution in [0.25, 0.3) is 0 Å². The predicted molar refractivity (Wildman–Crippen MR) is 70.5 cm³/mol. The van der Waals surface area contributed by atoms with Crippen LogP contribution in [0.4, 0.5) is 0 Å². The fourth-order valence-corrected chi connectivity index (χ4v) is 3.16. The fraction of sp³-hybridized carbons (Fsp3) is 0.538. The molecule has 4 heteroatoms. The number of nitrogens with one attached hydrogen (secondary N) is 1. The maximum atomic E-state index is 12.2. The van der Waals surface area contributed by atoms with Gasteiger partial charge in [0, 0.05) is 6.04 Å². The molecule has 0 fully saturated rings. The van der Waals surface area contributed by atoms with E-state index in [1.807, 2.05) is 46.8 Å². The van der Waals surface area contributed by atoms with Gasteiger partial charge in [-0.2, -0.15) is 0 Å². The molecule has 1 N–H and O–H groups in total. The van der Waals surface area contributed by atoms with Gasteiger partial charge < -0.3 is 0 Å². The smallest absolute Gasteiger partial charge is 0.208 e. The standard InChI is InChI=1S/C13H21NO2S/c1-9(2)12(5)14-17(15,16)13-8-10(3)6-7-11(13)4/h6-9,12,14H,1-5H3/t12-/m0/s1. The number of hydrogen-bond donors (Lipinski definition) is 1. The summed E-state index contributed by atoms with van der Waals surface area (Å²) in [5.74, 6) is 0.273. The molecular weight excluding hydrogens is 234 g/mol. The zero-order valence-electron chi connectivity index (χ0n) is 11.1. The van der Waals surface area contributed by atoms with Gasteiger partial charge in [-0.25, -0.2) is 13.1 Å². The zero-order valence-corrected chi connectivity index (χ0v) is 11.9. The summed E-state index contributed by atoms with van der Waals surface area (Å²) in [6, 6.07) is 5.40. The first-order valence-electron chi connectivity index (χ1n) is 5.83. The van der Waals surface area contributed by atoms with E-state index in [4.69, 9.17) is 0 Å². The van der Waals surface area contributed by atoms with Gasteiger partial charge in [-0.3, -0.25) is 0 Å². The first kappa shape index (κ1) is 14.2. The van der Waals surface area contributed by atoms with Gasteiger partial charge >= 0.3 is 0 Å². The molecule has 0 amide bonds. The van der Waals surface area contributed by atoms with Gasteiger partial charge in [-0.15, -0.1) is 0 Å². The molecule has 0 aromatic heterocycles. The van der Waals surface area contributed by atoms with Crippen molar-refractivity contribution in [3.8, 4) is 0 Å². The van der Waals surface area contributed by atoms with Crippen LogP contribution in [0.1, 0.15) is 31.9 Å². The number of aryl methyl sites for hydroxylation is 2. The van der Waals surface area contributed by atoms with Crippen molar-refractivity contribution in [2.75, 3.05) is 0 Å². The summed E-state index contributed by atoms with van der Waals surface area (Å²) in [6.07, 6.45) is 0. The Bertz CT molecular complexity index is 492. The van der Waals surface area contributed by atoms with Crippen LogP contribution in [0.3, 0.4) is 0 Å². The molecule has 1 aromatic carbocycles. The van der Waals surface area contributed by atoms with E-state index in [-0.39, 0.29) is 12.0 Å². The Labute approximate surface area is 104 Å². The fourth-order valence-electron chi connectivity index (χ4n) is 1.44. The molecule has 3 nitrogen and oxygen atoms in total. The van der Waals surface area contributed by atoms with E-state index >= 15 is 0 Å². The summed E-state index contributed by atoms with van der Waals surface area (Å²) >= 11 is 0. The minimum Gasteiger partial charge on any atom is -0.208 e. The van der Waals surface area contributed by atoms with Crippen molar-refractivity contribution in [3.05, 3.63) is 29.3 Å². The van der Waals surface area contributed by atoms with E-state index in [0.717, 1.165) is 11.1 Å². The zero-order chi connectivity index (χ0) is 13.2. The highest BCUT2D eigenvalue weighted by atomic mass is 32.2. The van der Waals surface area contributed by atoms with Gasteiger partial charge in [0.05, 0.1) is 4.90 Å². The Morgan fingerprint density at radius 1 is 1.12 bits per heavy atom. The molecule has 17 heavy (non-hydrogen) atoms. The van der Waals surface area contributed by atoms with Gasteiger partial charge in [0.25, 0.3) is 0 Å². The van der Waals surface area contributed by atoms with E-state index in [1.165, 1.54) is 0 Å². The number of benzene rings is 1. The molecule has 0 aliphatic carbocycles. The first-order valence-corrected chi connectivity index (χ1v) is 7.32. The van der Waals surface area contributed by atoms with Crippen molar-refractivity contribution < 1.29 is 8.42 Å². The van der Waals surface area contributed by atoms with Crippen molar-refractivity contribution in [1.82, 2.24) is 4.72 Å². The molecule has 0 heterocycles. The lowest BCUT2D eigenvalue weighted by Gasteiger charge is -2.18. The lowest BCUT2D eigenvalue weighted by molar-refractivity contribution is 0.476. The van der Waals surface area contributed by atoms with Crippen LogP contribution in [0.15, 0.2) is 23.1 Å². The third-order valence-electron chi connectivity index (χ3n) is 2.97. The quantitative estimate of drug-likeness (QED) is 0.899. The Kier molecular flexibility index (Phi) is 4.33. The summed E-state index contributed by atoms with van der Waals surface area (Å²) in [6.45, 7) is 9.58. The highest BCUT2D eigenvalue weighted by Crippen LogP contribution is 2.17. The third-order valence-corrected chi connectivity index (χ3v) is 4.68. The van der Waals surface area contributed by atoms with Crippen molar-refractivity contribution in [3.63, 3.8) is 0 Å². The molecule has 0 spiro atoms. The molecule has 96 valence electrons. The largest absolute Gasteiger partial charge is 0.241 e. The number of rotatable bonds is 4. The molecule has 0 radical (unpaired) electrons. The van der Waals surface area contributed by atoms with Crippen LogP contribution in [0.5, 0.6) is 0 Å². The van der Waals surface area contributed by atoms with Crippen LogP contribution >= 0.6 is 0 Å². The second-order valence-corrected chi connectivity index (χ2v) is 6.61. The average Bonchev–Trinajstić information content (AvgIpc) is 2.20. The summed E-state index contributed by atoms with van der Waals surface area (Å²) < 4.78 is 27.1. The van der Waals surface area contributed by atoms with Gasteiger partial charge in [0.2, 0.25) is 10.0 Å². The first-order chi connectivity index (χ1) is 7.74. The monoisotopic (exact) mass is 255 g/mol. The average molecular weight is 255 g/mol. The SMILES string of the molecule is Cc1ccc(C)c(S(=O)(=O)N[C@@H](C)C(C)C)c1. The molecular formula is C13H21NO2S. The van der Waals surface area contributed by atoms with E-state index in [1.54, 1.807) is 6.07 Å². The summed E-state index contributed by atoms with van der Waals surface area (Å²) in [5, 5.41) is 0. The van der Waals surface area contributed by atoms with Crippen LogP contribution in [0, 0.1) is 19.8 Å². The molecule has 1 aromatic rings. The summed E-state index contributed by atoms with van der Waals surface area (Å²) in [5.41, 5.74) is 1.73. The Morgan fingerprint density at radius 2 is 1.71 bits per heavy atom. The van der Waals surface area contributed by atoms with Gasteiger partial charge in [-0.1, -0.05) is 26.0 Å². The molecule has 0 aliphatic rings. The normalized spacial score (nSPS) is 14.0. The minimum atomic E-state index is -3.41. The van der Waals surface area contributed by atoms with Crippen LogP contribution in [-0.4, -0.2) is 14.5 Å². The van der Waals surface area contributed by atoms with E-state index in [0.29, 0.717) is 4.90 Å². The van der Waals surface area contributed by atoms with E-state index < -0.39 is 10.0 Å². The molecule has 0 bridgehead atoms. The van der Waals surface area contributed by atoms with Crippen LogP contribution in [-0.2, 0) is 10.0 Å². The van der Waals surface area contributed by atoms with Crippen molar-refractivity contribution in [2.45, 2.75) is 45.6 Å². The maximum Gasteiger partial charge on any atom is 0.241 e. The summed E-state index contributed by atoms with van der Waals surface area (Å²) in [7, 11) is -3.41. The van der Waals surface area contributed by atoms with Crippen LogP contribution < -0.4 is 4.72 Å². The molecule has 1 rings (SSSR count). The minimum absolute atomic E-state index is 0.0695. The lowest BCUT2D eigenvalue weighted by Crippen LogP contribution is -2.36. The number of sulfonamides is 1. The highest BCUT2D eigenvalue weighted by Gasteiger charge is 2.20. The maximum absolute atomic E-state index is 12.2. The van der Waals surface area contributed by atoms with Gasteiger partial charge in [0.1, 0.15) is 0 Å². The second-order valence-electron chi connectivity index (χ2n) is 4.92. The predicted octanol–water partition coefficient (Wildman–Crippen LogP) is 2.63. The van der Waals surface area contributed by atoms with Gasteiger partial charge in [0.15, 0.2) is 0 Å². The lowest BCUT2D eigenvalue weighted by atomic mass is 10.1. The highest BCUT2D eigenvalue weighted by molar-refractivity contribution is 7.89. The van der Waals surface area contributed by atoms with Crippen molar-refractivity contribution in [1.29, 1.82) is 0 Å². The summed E-state index contributed by atoms with van der Waals surface area (Å²) in [4.78, 5) is 0.380. The molecule has 1 atom stereocenters. The van der Waals surface area contributed by atoms with Crippen LogP contribution in [0.2, 0.25) is 0 Å². The second kappa shape index (κ2) is 5.19. The molecule has 0 saturated heterocycles. The molecule has 0 saturated carbocycles. The topological polar surface area (TPSA) is 46.2 Å². The molecule has 0 aliphatic heterocycles.